The second-order valence-corrected chi connectivity index (χ2v) is 5.48. The predicted octanol–water partition coefficient (Wildman–Crippen LogP) is 2.66. The normalized spacial score (nSPS) is 11.0. The fourth-order valence-corrected chi connectivity index (χ4v) is 0.415. The number of nitrogens with two attached hydrogens (primary N) is 1. The molecule has 0 amide bonds. The number of alkyl halides is 3. The molecule has 0 aliphatic heterocycles. The van der Waals surface area contributed by atoms with Crippen molar-refractivity contribution in [3.05, 3.63) is 0 Å². The van der Waals surface area contributed by atoms with Crippen LogP contribution in [0.3, 0.4) is 0 Å². The Bertz CT molecular complexity index is 164. The number of hydrogen-bond donors (Lipinski definition) is 1. The fourth-order valence-electron chi connectivity index (χ4n) is 0.281. The summed E-state index contributed by atoms with van der Waals surface area (Å²) < 4.78 is 2.63. The summed E-state index contributed by atoms with van der Waals surface area (Å²) >= 11 is 15.6. The Labute approximate surface area is 99.8 Å². The van der Waals surface area contributed by atoms with Gasteiger partial charge in [0, 0.05) is 0 Å². The first-order valence-electron chi connectivity index (χ1n) is 4.10. The summed E-state index contributed by atoms with van der Waals surface area (Å²) in [4.78, 5) is 10.7. The molecule has 0 aromatic carbocycles. The van der Waals surface area contributed by atoms with Gasteiger partial charge in [-0.05, 0) is 19.9 Å². The van der Waals surface area contributed by atoms with Crippen molar-refractivity contribution in [3.8, 4) is 0 Å². The van der Waals surface area contributed by atoms with E-state index in [1.54, 1.807) is 13.8 Å². The predicted molar refractivity (Wildman–Crippen MR) is 60.8 cm³/mol. The highest BCUT2D eigenvalue weighted by Gasteiger charge is 2.33. The minimum Gasteiger partial charge on any atom is -0.460 e. The highest BCUT2D eigenvalue weighted by atomic mass is 35.6. The van der Waals surface area contributed by atoms with Gasteiger partial charge in [0.2, 0.25) is 0 Å². The molecule has 0 aromatic heterocycles. The Morgan fingerprint density at radius 1 is 1.21 bits per heavy atom. The van der Waals surface area contributed by atoms with Crippen molar-refractivity contribution >= 4 is 40.8 Å². The quantitative estimate of drug-likeness (QED) is 0.585. The van der Waals surface area contributed by atoms with Crippen LogP contribution in [-0.2, 0) is 9.53 Å². The van der Waals surface area contributed by atoms with Crippen LogP contribution in [-0.4, -0.2) is 21.9 Å². The lowest BCUT2D eigenvalue weighted by molar-refractivity contribution is -0.146. The van der Waals surface area contributed by atoms with Gasteiger partial charge in [-0.1, -0.05) is 48.7 Å². The summed E-state index contributed by atoms with van der Waals surface area (Å²) in [6.45, 7) is 7.24. The van der Waals surface area contributed by atoms with Gasteiger partial charge in [-0.15, -0.1) is 0 Å². The van der Waals surface area contributed by atoms with E-state index < -0.39 is 9.76 Å². The molecule has 0 saturated carbocycles. The number of halogens is 3. The van der Waals surface area contributed by atoms with Crippen LogP contribution in [0.1, 0.15) is 27.7 Å². The first-order valence-corrected chi connectivity index (χ1v) is 5.24. The second kappa shape index (κ2) is 7.57. The lowest BCUT2D eigenvalue weighted by atomic mass is 10.5. The minimum atomic E-state index is -1.95. The summed E-state index contributed by atoms with van der Waals surface area (Å²) in [6.07, 6.45) is -0.261. The van der Waals surface area contributed by atoms with E-state index in [1.807, 2.05) is 13.8 Å². The van der Waals surface area contributed by atoms with Crippen molar-refractivity contribution in [3.63, 3.8) is 0 Å². The average Bonchev–Trinajstić information content (AvgIpc) is 1.81. The zero-order chi connectivity index (χ0) is 11.9. The molecule has 0 rings (SSSR count). The van der Waals surface area contributed by atoms with Crippen LogP contribution in [0.5, 0.6) is 0 Å². The fraction of sp³-hybridized carbons (Fsp3) is 0.875. The summed E-state index contributed by atoms with van der Waals surface area (Å²) in [7, 11) is 0. The van der Waals surface area contributed by atoms with E-state index in [9.17, 15) is 4.79 Å². The molecule has 0 spiro atoms. The van der Waals surface area contributed by atoms with E-state index in [2.05, 4.69) is 4.74 Å². The number of hydrogen-bond acceptors (Lipinski definition) is 3. The van der Waals surface area contributed by atoms with Crippen LogP contribution < -0.4 is 5.73 Å². The van der Waals surface area contributed by atoms with Gasteiger partial charge >= 0.3 is 5.97 Å². The van der Waals surface area contributed by atoms with Gasteiger partial charge in [-0.2, -0.15) is 0 Å². The van der Waals surface area contributed by atoms with Crippen LogP contribution in [0.15, 0.2) is 0 Å². The Balaban J connectivity index is 0. The molecule has 14 heavy (non-hydrogen) atoms. The zero-order valence-corrected chi connectivity index (χ0v) is 11.0. The van der Waals surface area contributed by atoms with E-state index in [0.29, 0.717) is 6.04 Å². The Morgan fingerprint density at radius 2 is 1.50 bits per heavy atom. The molecule has 0 radical (unpaired) electrons. The average molecular weight is 265 g/mol. The molecule has 0 bridgehead atoms. The molecule has 86 valence electrons. The summed E-state index contributed by atoms with van der Waals surface area (Å²) in [5, 5.41) is 0. The zero-order valence-electron chi connectivity index (χ0n) is 8.68. The smallest absolute Gasteiger partial charge is 0.358 e. The maximum absolute atomic E-state index is 10.7. The van der Waals surface area contributed by atoms with E-state index in [1.165, 1.54) is 0 Å². The number of carbonyl (C=O) groups is 1. The van der Waals surface area contributed by atoms with Gasteiger partial charge in [0.1, 0.15) is 0 Å². The van der Waals surface area contributed by atoms with Crippen molar-refractivity contribution < 1.29 is 9.53 Å². The number of carbonyl (C=O) groups excluding carboxylic acids is 1. The number of ether oxygens (including phenoxy) is 1. The highest BCUT2D eigenvalue weighted by molar-refractivity contribution is 6.75. The first kappa shape index (κ1) is 16.7. The second-order valence-electron chi connectivity index (χ2n) is 3.20. The summed E-state index contributed by atoms with van der Waals surface area (Å²) in [6, 6.07) is 0.333. The van der Waals surface area contributed by atoms with Gasteiger partial charge in [-0.3, -0.25) is 0 Å². The third kappa shape index (κ3) is 14.8. The lowest BCUT2D eigenvalue weighted by Crippen LogP contribution is -2.24. The Hall–Kier alpha value is 0.300. The molecule has 6 heteroatoms. The van der Waals surface area contributed by atoms with Gasteiger partial charge in [0.05, 0.1) is 6.10 Å². The summed E-state index contributed by atoms with van der Waals surface area (Å²) in [5.74, 6) is -0.840. The molecule has 0 saturated heterocycles. The third-order valence-corrected chi connectivity index (χ3v) is 1.04. The molecule has 0 atom stereocenters. The molecular weight excluding hydrogens is 248 g/mol. The van der Waals surface area contributed by atoms with Gasteiger partial charge < -0.3 is 10.5 Å². The molecule has 2 N–H and O–H groups in total. The largest absolute Gasteiger partial charge is 0.460 e. The van der Waals surface area contributed by atoms with Gasteiger partial charge in [0.25, 0.3) is 3.79 Å². The van der Waals surface area contributed by atoms with Crippen molar-refractivity contribution in [2.75, 3.05) is 0 Å². The van der Waals surface area contributed by atoms with Crippen LogP contribution in [0, 0.1) is 0 Å². The van der Waals surface area contributed by atoms with E-state index >= 15 is 0 Å². The minimum absolute atomic E-state index is 0.261. The maximum atomic E-state index is 10.7. The molecule has 0 aromatic rings. The lowest BCUT2D eigenvalue weighted by Gasteiger charge is -2.12. The molecule has 0 aliphatic rings. The van der Waals surface area contributed by atoms with Crippen molar-refractivity contribution in [2.24, 2.45) is 5.73 Å². The maximum Gasteiger partial charge on any atom is 0.358 e. The standard InChI is InChI=1S/C5H7Cl3O2.C3H9N/c1-3(2)10-4(9)5(6,7)8;1-3(2)4/h3H,1-2H3;3H,4H2,1-2H3. The summed E-state index contributed by atoms with van der Waals surface area (Å²) in [5.41, 5.74) is 5.11. The van der Waals surface area contributed by atoms with Crippen molar-refractivity contribution in [1.82, 2.24) is 0 Å². The van der Waals surface area contributed by atoms with Gasteiger partial charge in [0.15, 0.2) is 0 Å². The third-order valence-electron chi connectivity index (χ3n) is 0.574. The first-order chi connectivity index (χ1) is 6.07. The van der Waals surface area contributed by atoms with Crippen LogP contribution in [0.2, 0.25) is 0 Å². The van der Waals surface area contributed by atoms with Crippen molar-refractivity contribution in [2.45, 2.75) is 43.6 Å². The van der Waals surface area contributed by atoms with E-state index in [-0.39, 0.29) is 6.10 Å². The Morgan fingerprint density at radius 3 is 1.57 bits per heavy atom. The van der Waals surface area contributed by atoms with E-state index in [4.69, 9.17) is 40.5 Å². The number of rotatable bonds is 1. The number of esters is 1. The van der Waals surface area contributed by atoms with E-state index in [0.717, 1.165) is 0 Å². The highest BCUT2D eigenvalue weighted by Crippen LogP contribution is 2.27. The molecule has 3 nitrogen and oxygen atoms in total. The molecule has 0 fully saturated rings. The SMILES string of the molecule is CC(C)N.CC(C)OC(=O)C(Cl)(Cl)Cl. The molecular formula is C8H16Cl3NO2. The van der Waals surface area contributed by atoms with Crippen LogP contribution in [0.25, 0.3) is 0 Å². The monoisotopic (exact) mass is 263 g/mol. The van der Waals surface area contributed by atoms with Gasteiger partial charge in [-0.25, -0.2) is 4.79 Å². The van der Waals surface area contributed by atoms with Crippen molar-refractivity contribution in [1.29, 1.82) is 0 Å². The molecule has 0 aliphatic carbocycles. The Kier molecular flexibility index (Phi) is 9.04. The van der Waals surface area contributed by atoms with Crippen LogP contribution in [0.4, 0.5) is 0 Å². The molecule has 0 unspecified atom stereocenters. The van der Waals surface area contributed by atoms with Crippen LogP contribution >= 0.6 is 34.8 Å². The topological polar surface area (TPSA) is 52.3 Å². The molecule has 0 heterocycles.